The molecule has 3 nitrogen and oxygen atoms in total. The molecular formula is C15H19NO2. The lowest BCUT2D eigenvalue weighted by molar-refractivity contribution is 0.101. The van der Waals surface area contributed by atoms with E-state index in [0.717, 1.165) is 41.6 Å². The van der Waals surface area contributed by atoms with Crippen LogP contribution in [0.25, 0.3) is 10.9 Å². The molecule has 0 amide bonds. The first-order valence-corrected chi connectivity index (χ1v) is 6.35. The van der Waals surface area contributed by atoms with Gasteiger partial charge in [-0.15, -0.1) is 0 Å². The van der Waals surface area contributed by atoms with Crippen molar-refractivity contribution in [1.29, 1.82) is 0 Å². The van der Waals surface area contributed by atoms with Crippen LogP contribution in [0, 0.1) is 0 Å². The molecule has 3 heteroatoms. The first kappa shape index (κ1) is 12.7. The van der Waals surface area contributed by atoms with Gasteiger partial charge in [-0.3, -0.25) is 4.79 Å². The second-order valence-corrected chi connectivity index (χ2v) is 4.50. The van der Waals surface area contributed by atoms with E-state index in [0.29, 0.717) is 0 Å². The van der Waals surface area contributed by atoms with E-state index >= 15 is 0 Å². The molecule has 0 unspecified atom stereocenters. The third kappa shape index (κ3) is 2.13. The number of ether oxygens (including phenoxy) is 1. The number of para-hydroxylation sites is 1. The summed E-state index contributed by atoms with van der Waals surface area (Å²) in [4.78, 5) is 11.7. The van der Waals surface area contributed by atoms with Crippen LogP contribution in [-0.4, -0.2) is 17.5 Å². The molecule has 96 valence electrons. The molecule has 0 radical (unpaired) electrons. The van der Waals surface area contributed by atoms with E-state index in [1.54, 1.807) is 14.0 Å². The number of aryl methyl sites for hydroxylation is 1. The number of fused-ring (bicyclic) bond motifs is 1. The van der Waals surface area contributed by atoms with Crippen LogP contribution in [0.4, 0.5) is 0 Å². The Hall–Kier alpha value is -1.77. The SMILES string of the molecule is CCCCn1cc(C(C)=O)c2cccc(OC)c21. The van der Waals surface area contributed by atoms with Crippen molar-refractivity contribution < 1.29 is 9.53 Å². The lowest BCUT2D eigenvalue weighted by atomic mass is 10.1. The number of methoxy groups -OCH3 is 1. The molecule has 0 atom stereocenters. The molecule has 0 bridgehead atoms. The molecule has 1 aromatic heterocycles. The highest BCUT2D eigenvalue weighted by Gasteiger charge is 2.14. The number of benzene rings is 1. The summed E-state index contributed by atoms with van der Waals surface area (Å²) < 4.78 is 7.54. The van der Waals surface area contributed by atoms with Crippen molar-refractivity contribution >= 4 is 16.7 Å². The summed E-state index contributed by atoms with van der Waals surface area (Å²) in [6.07, 6.45) is 4.18. The third-order valence-electron chi connectivity index (χ3n) is 3.21. The standard InChI is InChI=1S/C15H19NO2/c1-4-5-9-16-10-13(11(2)17)12-7-6-8-14(18-3)15(12)16/h6-8,10H,4-5,9H2,1-3H3. The maximum absolute atomic E-state index is 11.7. The fraction of sp³-hybridized carbons (Fsp3) is 0.400. The predicted molar refractivity (Wildman–Crippen MR) is 73.4 cm³/mol. The molecule has 0 saturated carbocycles. The van der Waals surface area contributed by atoms with Gasteiger partial charge in [0.2, 0.25) is 0 Å². The van der Waals surface area contributed by atoms with Gasteiger partial charge in [0, 0.05) is 23.7 Å². The Morgan fingerprint density at radius 2 is 2.17 bits per heavy atom. The maximum atomic E-state index is 11.7. The second-order valence-electron chi connectivity index (χ2n) is 4.50. The smallest absolute Gasteiger partial charge is 0.161 e. The van der Waals surface area contributed by atoms with Crippen LogP contribution in [0.2, 0.25) is 0 Å². The Balaban J connectivity index is 2.64. The van der Waals surface area contributed by atoms with E-state index in [-0.39, 0.29) is 5.78 Å². The molecule has 2 rings (SSSR count). The minimum absolute atomic E-state index is 0.100. The number of rotatable bonds is 5. The Kier molecular flexibility index (Phi) is 3.70. The summed E-state index contributed by atoms with van der Waals surface area (Å²) in [6.45, 7) is 4.69. The van der Waals surface area contributed by atoms with Crippen molar-refractivity contribution in [1.82, 2.24) is 4.57 Å². The molecule has 1 aromatic carbocycles. The number of Topliss-reactive ketones (excluding diaryl/α,β-unsaturated/α-hetero) is 1. The van der Waals surface area contributed by atoms with Crippen molar-refractivity contribution in [3.63, 3.8) is 0 Å². The highest BCUT2D eigenvalue weighted by atomic mass is 16.5. The molecule has 0 aliphatic carbocycles. The summed E-state index contributed by atoms with van der Waals surface area (Å²) in [5, 5.41) is 0.984. The van der Waals surface area contributed by atoms with Gasteiger partial charge in [-0.25, -0.2) is 0 Å². The molecule has 0 spiro atoms. The van der Waals surface area contributed by atoms with Gasteiger partial charge in [-0.1, -0.05) is 25.5 Å². The molecule has 0 saturated heterocycles. The molecule has 1 heterocycles. The van der Waals surface area contributed by atoms with Crippen molar-refractivity contribution in [2.24, 2.45) is 0 Å². The number of hydrogen-bond donors (Lipinski definition) is 0. The zero-order valence-corrected chi connectivity index (χ0v) is 11.2. The first-order valence-electron chi connectivity index (χ1n) is 6.35. The zero-order valence-electron chi connectivity index (χ0n) is 11.2. The number of hydrogen-bond acceptors (Lipinski definition) is 2. The monoisotopic (exact) mass is 245 g/mol. The quantitative estimate of drug-likeness (QED) is 0.753. The maximum Gasteiger partial charge on any atom is 0.161 e. The zero-order chi connectivity index (χ0) is 13.1. The normalized spacial score (nSPS) is 10.8. The van der Waals surface area contributed by atoms with Gasteiger partial charge in [0.1, 0.15) is 5.75 Å². The van der Waals surface area contributed by atoms with Gasteiger partial charge in [-0.2, -0.15) is 0 Å². The van der Waals surface area contributed by atoms with Crippen LogP contribution in [0.5, 0.6) is 5.75 Å². The van der Waals surface area contributed by atoms with Crippen LogP contribution >= 0.6 is 0 Å². The summed E-state index contributed by atoms with van der Waals surface area (Å²) in [7, 11) is 1.67. The van der Waals surface area contributed by atoms with Crippen molar-refractivity contribution in [2.75, 3.05) is 7.11 Å². The molecule has 0 fully saturated rings. The summed E-state index contributed by atoms with van der Waals surface area (Å²) >= 11 is 0. The van der Waals surface area contributed by atoms with E-state index < -0.39 is 0 Å². The van der Waals surface area contributed by atoms with Crippen molar-refractivity contribution in [3.8, 4) is 5.75 Å². The van der Waals surface area contributed by atoms with Gasteiger partial charge in [0.05, 0.1) is 12.6 Å². The Bertz CT molecular complexity index is 569. The van der Waals surface area contributed by atoms with Crippen LogP contribution in [-0.2, 0) is 6.54 Å². The van der Waals surface area contributed by atoms with Gasteiger partial charge in [0.25, 0.3) is 0 Å². The van der Waals surface area contributed by atoms with Crippen LogP contribution in [0.3, 0.4) is 0 Å². The van der Waals surface area contributed by atoms with Gasteiger partial charge < -0.3 is 9.30 Å². The molecule has 0 aliphatic rings. The number of ketones is 1. The lowest BCUT2D eigenvalue weighted by Crippen LogP contribution is -1.97. The highest BCUT2D eigenvalue weighted by Crippen LogP contribution is 2.30. The molecule has 18 heavy (non-hydrogen) atoms. The van der Waals surface area contributed by atoms with Gasteiger partial charge in [0.15, 0.2) is 5.78 Å². The third-order valence-corrected chi connectivity index (χ3v) is 3.21. The highest BCUT2D eigenvalue weighted by molar-refractivity contribution is 6.08. The fourth-order valence-electron chi connectivity index (χ4n) is 2.28. The number of aromatic nitrogens is 1. The Morgan fingerprint density at radius 3 is 2.78 bits per heavy atom. The van der Waals surface area contributed by atoms with Crippen LogP contribution < -0.4 is 4.74 Å². The lowest BCUT2D eigenvalue weighted by Gasteiger charge is -2.07. The van der Waals surface area contributed by atoms with E-state index in [2.05, 4.69) is 11.5 Å². The second kappa shape index (κ2) is 5.25. The number of carbonyl (C=O) groups is 1. The van der Waals surface area contributed by atoms with E-state index in [9.17, 15) is 4.79 Å². The van der Waals surface area contributed by atoms with Gasteiger partial charge >= 0.3 is 0 Å². The minimum Gasteiger partial charge on any atom is -0.495 e. The number of nitrogens with zero attached hydrogens (tertiary/aromatic N) is 1. The molecule has 0 N–H and O–H groups in total. The van der Waals surface area contributed by atoms with E-state index in [1.807, 2.05) is 24.4 Å². The first-order chi connectivity index (χ1) is 8.69. The summed E-state index contributed by atoms with van der Waals surface area (Å²) in [5.74, 6) is 0.930. The van der Waals surface area contributed by atoms with Gasteiger partial charge in [-0.05, 0) is 19.4 Å². The van der Waals surface area contributed by atoms with E-state index in [4.69, 9.17) is 4.74 Å². The average Bonchev–Trinajstić information content (AvgIpc) is 2.75. The Morgan fingerprint density at radius 1 is 1.39 bits per heavy atom. The fourth-order valence-corrected chi connectivity index (χ4v) is 2.28. The summed E-state index contributed by atoms with van der Waals surface area (Å²) in [5.41, 5.74) is 1.80. The average molecular weight is 245 g/mol. The number of carbonyl (C=O) groups excluding carboxylic acids is 1. The van der Waals surface area contributed by atoms with Crippen LogP contribution in [0.1, 0.15) is 37.0 Å². The minimum atomic E-state index is 0.100. The van der Waals surface area contributed by atoms with Crippen LogP contribution in [0.15, 0.2) is 24.4 Å². The van der Waals surface area contributed by atoms with Crippen molar-refractivity contribution in [3.05, 3.63) is 30.0 Å². The summed E-state index contributed by atoms with van der Waals surface area (Å²) in [6, 6.07) is 5.85. The largest absolute Gasteiger partial charge is 0.495 e. The van der Waals surface area contributed by atoms with E-state index in [1.165, 1.54) is 0 Å². The molecule has 2 aromatic rings. The molecule has 0 aliphatic heterocycles. The van der Waals surface area contributed by atoms with Crippen molar-refractivity contribution in [2.45, 2.75) is 33.2 Å². The Labute approximate surface area is 107 Å². The number of unbranched alkanes of at least 4 members (excludes halogenated alkanes) is 1. The molecular weight excluding hydrogens is 226 g/mol. The predicted octanol–water partition coefficient (Wildman–Crippen LogP) is 3.65. The topological polar surface area (TPSA) is 31.2 Å².